The lowest BCUT2D eigenvalue weighted by molar-refractivity contribution is -0.118. The molecule has 0 atom stereocenters. The average molecular weight is 287 g/mol. The zero-order chi connectivity index (χ0) is 14.3. The van der Waals surface area contributed by atoms with Gasteiger partial charge in [-0.3, -0.25) is 4.79 Å². The maximum Gasteiger partial charge on any atom is 0.396 e. The third-order valence-electron chi connectivity index (χ3n) is 1.89. The smallest absolute Gasteiger partial charge is 0.396 e. The Kier molecular flexibility index (Phi) is 6.34. The van der Waals surface area contributed by atoms with E-state index in [1.54, 1.807) is 6.92 Å². The van der Waals surface area contributed by atoms with Crippen molar-refractivity contribution in [1.82, 2.24) is 15.5 Å². The summed E-state index contributed by atoms with van der Waals surface area (Å²) in [5, 5.41) is 10.1. The predicted octanol–water partition coefficient (Wildman–Crippen LogP) is 1.11. The Morgan fingerprint density at radius 1 is 1.42 bits per heavy atom. The highest BCUT2D eigenvalue weighted by Crippen LogP contribution is 2.16. The molecule has 0 fully saturated rings. The number of carbonyl (C=O) groups is 2. The summed E-state index contributed by atoms with van der Waals surface area (Å²) in [6.45, 7) is 6.57. The van der Waals surface area contributed by atoms with Gasteiger partial charge < -0.3 is 14.5 Å². The molecule has 0 spiro atoms. The summed E-state index contributed by atoms with van der Waals surface area (Å²) in [5.41, 5.74) is 0. The Hall–Kier alpha value is -1.57. The molecule has 1 heterocycles. The van der Waals surface area contributed by atoms with E-state index in [1.165, 1.54) is 0 Å². The van der Waals surface area contributed by atoms with Crippen LogP contribution in [0.1, 0.15) is 31.5 Å². The largest absolute Gasteiger partial charge is 0.459 e. The zero-order valence-electron chi connectivity index (χ0n) is 11.1. The van der Waals surface area contributed by atoms with Crippen molar-refractivity contribution in [3.63, 3.8) is 0 Å². The van der Waals surface area contributed by atoms with Crippen LogP contribution in [0.15, 0.2) is 9.64 Å². The number of thioether (sulfide) groups is 1. The fourth-order valence-electron chi connectivity index (χ4n) is 1.04. The fraction of sp³-hybridized carbons (Fsp3) is 0.636. The third kappa shape index (κ3) is 5.73. The molecule has 0 aliphatic rings. The summed E-state index contributed by atoms with van der Waals surface area (Å²) in [6.07, 6.45) is 0. The van der Waals surface area contributed by atoms with E-state index >= 15 is 0 Å². The summed E-state index contributed by atoms with van der Waals surface area (Å²) in [4.78, 5) is 22.7. The van der Waals surface area contributed by atoms with Crippen molar-refractivity contribution < 1.29 is 18.7 Å². The SMILES string of the molecule is CCOC(=O)c1nnc(SCC(=O)NCC(C)C)o1. The average Bonchev–Trinajstić information content (AvgIpc) is 2.83. The fourth-order valence-corrected chi connectivity index (χ4v) is 1.63. The van der Waals surface area contributed by atoms with E-state index in [4.69, 9.17) is 9.15 Å². The van der Waals surface area contributed by atoms with Gasteiger partial charge in [-0.05, 0) is 12.8 Å². The third-order valence-corrected chi connectivity index (χ3v) is 2.71. The van der Waals surface area contributed by atoms with Gasteiger partial charge in [0.2, 0.25) is 5.91 Å². The molecule has 0 aliphatic carbocycles. The van der Waals surface area contributed by atoms with E-state index in [2.05, 4.69) is 15.5 Å². The summed E-state index contributed by atoms with van der Waals surface area (Å²) in [5.74, 6) is -0.419. The standard InChI is InChI=1S/C11H17N3O4S/c1-4-17-10(16)9-13-14-11(18-9)19-6-8(15)12-5-7(2)3/h7H,4-6H2,1-3H3,(H,12,15). The first-order valence-corrected chi connectivity index (χ1v) is 6.91. The van der Waals surface area contributed by atoms with E-state index in [0.717, 1.165) is 11.8 Å². The Balaban J connectivity index is 2.37. The van der Waals surface area contributed by atoms with E-state index < -0.39 is 5.97 Å². The first-order chi connectivity index (χ1) is 9.02. The van der Waals surface area contributed by atoms with Gasteiger partial charge in [-0.1, -0.05) is 30.7 Å². The van der Waals surface area contributed by atoms with Crippen LogP contribution < -0.4 is 5.32 Å². The van der Waals surface area contributed by atoms with Crippen LogP contribution in [0.3, 0.4) is 0 Å². The molecular formula is C11H17N3O4S. The van der Waals surface area contributed by atoms with Gasteiger partial charge >= 0.3 is 11.9 Å². The molecule has 1 N–H and O–H groups in total. The Morgan fingerprint density at radius 2 is 2.16 bits per heavy atom. The molecule has 1 amide bonds. The van der Waals surface area contributed by atoms with Crippen LogP contribution in [-0.2, 0) is 9.53 Å². The number of hydrogen-bond donors (Lipinski definition) is 1. The number of hydrogen-bond acceptors (Lipinski definition) is 7. The number of nitrogens with zero attached hydrogens (tertiary/aromatic N) is 2. The van der Waals surface area contributed by atoms with Gasteiger partial charge in [0, 0.05) is 6.54 Å². The van der Waals surface area contributed by atoms with Crippen molar-refractivity contribution >= 4 is 23.6 Å². The normalized spacial score (nSPS) is 10.5. The Labute approximate surface area is 115 Å². The summed E-state index contributed by atoms with van der Waals surface area (Å²) >= 11 is 1.08. The maximum absolute atomic E-state index is 11.5. The van der Waals surface area contributed by atoms with E-state index in [0.29, 0.717) is 12.5 Å². The molecule has 0 aliphatic heterocycles. The minimum atomic E-state index is -0.661. The van der Waals surface area contributed by atoms with Crippen LogP contribution in [0.5, 0.6) is 0 Å². The molecule has 0 saturated heterocycles. The molecule has 19 heavy (non-hydrogen) atoms. The number of amides is 1. The second kappa shape index (κ2) is 7.78. The molecule has 106 valence electrons. The molecule has 0 aromatic carbocycles. The molecular weight excluding hydrogens is 270 g/mol. The van der Waals surface area contributed by atoms with Crippen molar-refractivity contribution in [3.8, 4) is 0 Å². The van der Waals surface area contributed by atoms with Gasteiger partial charge in [0.15, 0.2) is 0 Å². The lowest BCUT2D eigenvalue weighted by atomic mass is 10.2. The van der Waals surface area contributed by atoms with Crippen LogP contribution in [0.2, 0.25) is 0 Å². The molecule has 7 nitrogen and oxygen atoms in total. The Bertz CT molecular complexity index is 433. The lowest BCUT2D eigenvalue weighted by Crippen LogP contribution is -2.28. The molecule has 0 bridgehead atoms. The first kappa shape index (κ1) is 15.5. The molecule has 1 aromatic heterocycles. The quantitative estimate of drug-likeness (QED) is 0.593. The zero-order valence-corrected chi connectivity index (χ0v) is 12.0. The second-order valence-corrected chi connectivity index (χ2v) is 5.01. The van der Waals surface area contributed by atoms with E-state index in [1.807, 2.05) is 13.8 Å². The van der Waals surface area contributed by atoms with Gasteiger partial charge in [0.1, 0.15) is 0 Å². The number of carbonyl (C=O) groups excluding carboxylic acids is 2. The van der Waals surface area contributed by atoms with Crippen molar-refractivity contribution in [1.29, 1.82) is 0 Å². The van der Waals surface area contributed by atoms with E-state index in [9.17, 15) is 9.59 Å². The van der Waals surface area contributed by atoms with Crippen LogP contribution in [0.25, 0.3) is 0 Å². The van der Waals surface area contributed by atoms with Crippen molar-refractivity contribution in [3.05, 3.63) is 5.89 Å². The first-order valence-electron chi connectivity index (χ1n) is 5.93. The molecule has 0 saturated carbocycles. The van der Waals surface area contributed by atoms with Crippen LogP contribution >= 0.6 is 11.8 Å². The van der Waals surface area contributed by atoms with Gasteiger partial charge in [-0.15, -0.1) is 5.10 Å². The highest BCUT2D eigenvalue weighted by molar-refractivity contribution is 7.99. The number of rotatable bonds is 7. The summed E-state index contributed by atoms with van der Waals surface area (Å²) < 4.78 is 9.77. The number of esters is 1. The summed E-state index contributed by atoms with van der Waals surface area (Å²) in [7, 11) is 0. The molecule has 0 radical (unpaired) electrons. The number of aromatic nitrogens is 2. The monoisotopic (exact) mass is 287 g/mol. The highest BCUT2D eigenvalue weighted by Gasteiger charge is 2.16. The van der Waals surface area contributed by atoms with Gasteiger partial charge in [-0.2, -0.15) is 0 Å². The predicted molar refractivity (Wildman–Crippen MR) is 68.8 cm³/mol. The number of ether oxygens (including phenoxy) is 1. The van der Waals surface area contributed by atoms with E-state index in [-0.39, 0.29) is 29.4 Å². The second-order valence-electron chi connectivity index (χ2n) is 4.08. The van der Waals surface area contributed by atoms with Crippen molar-refractivity contribution in [2.24, 2.45) is 5.92 Å². The topological polar surface area (TPSA) is 94.3 Å². The molecule has 1 rings (SSSR count). The molecule has 0 unspecified atom stereocenters. The molecule has 8 heteroatoms. The van der Waals surface area contributed by atoms with Crippen molar-refractivity contribution in [2.45, 2.75) is 26.0 Å². The maximum atomic E-state index is 11.5. The Morgan fingerprint density at radius 3 is 2.79 bits per heavy atom. The minimum Gasteiger partial charge on any atom is -0.459 e. The van der Waals surface area contributed by atoms with Gasteiger partial charge in [-0.25, -0.2) is 4.79 Å². The highest BCUT2D eigenvalue weighted by atomic mass is 32.2. The van der Waals surface area contributed by atoms with Crippen molar-refractivity contribution in [2.75, 3.05) is 18.9 Å². The van der Waals surface area contributed by atoms with Crippen LogP contribution in [-0.4, -0.2) is 41.0 Å². The van der Waals surface area contributed by atoms with Crippen LogP contribution in [0.4, 0.5) is 0 Å². The number of nitrogens with one attached hydrogen (secondary N) is 1. The lowest BCUT2D eigenvalue weighted by Gasteiger charge is -2.05. The van der Waals surface area contributed by atoms with Gasteiger partial charge in [0.25, 0.3) is 5.22 Å². The molecule has 1 aromatic rings. The van der Waals surface area contributed by atoms with Gasteiger partial charge in [0.05, 0.1) is 12.4 Å². The van der Waals surface area contributed by atoms with Crippen LogP contribution in [0, 0.1) is 5.92 Å². The summed E-state index contributed by atoms with van der Waals surface area (Å²) in [6, 6.07) is 0. The minimum absolute atomic E-state index is 0.116.